The molecule has 0 amide bonds. The SMILES string of the molecule is CC(C)c1nnc2sc(C(N)Cc3ccccc3)nn12. The van der Waals surface area contributed by atoms with Crippen LogP contribution in [0.3, 0.4) is 0 Å². The Balaban J connectivity index is 1.86. The fraction of sp³-hybridized carbons (Fsp3) is 0.357. The van der Waals surface area contributed by atoms with Crippen LogP contribution >= 0.6 is 11.3 Å². The summed E-state index contributed by atoms with van der Waals surface area (Å²) in [5.74, 6) is 1.18. The van der Waals surface area contributed by atoms with Crippen LogP contribution in [-0.4, -0.2) is 19.8 Å². The molecule has 2 N–H and O–H groups in total. The first kappa shape index (κ1) is 13.2. The third-order valence-corrected chi connectivity index (χ3v) is 4.19. The normalized spacial score (nSPS) is 13.2. The van der Waals surface area contributed by atoms with Crippen LogP contribution in [0.1, 0.15) is 42.2 Å². The van der Waals surface area contributed by atoms with Crippen molar-refractivity contribution in [2.75, 3.05) is 0 Å². The molecule has 0 saturated carbocycles. The Hall–Kier alpha value is -1.79. The Morgan fingerprint density at radius 3 is 2.65 bits per heavy atom. The maximum atomic E-state index is 6.26. The number of benzene rings is 1. The van der Waals surface area contributed by atoms with Gasteiger partial charge >= 0.3 is 0 Å². The van der Waals surface area contributed by atoms with Crippen molar-refractivity contribution in [2.45, 2.75) is 32.2 Å². The minimum absolute atomic E-state index is 0.107. The fourth-order valence-electron chi connectivity index (χ4n) is 2.11. The lowest BCUT2D eigenvalue weighted by Gasteiger charge is -2.07. The van der Waals surface area contributed by atoms with E-state index in [2.05, 4.69) is 41.3 Å². The number of nitrogens with zero attached hydrogens (tertiary/aromatic N) is 4. The smallest absolute Gasteiger partial charge is 0.234 e. The number of nitrogens with two attached hydrogens (primary N) is 1. The van der Waals surface area contributed by atoms with Gasteiger partial charge in [0, 0.05) is 5.92 Å². The van der Waals surface area contributed by atoms with Gasteiger partial charge in [0.2, 0.25) is 4.96 Å². The van der Waals surface area contributed by atoms with Crippen LogP contribution in [0.4, 0.5) is 0 Å². The van der Waals surface area contributed by atoms with Crippen LogP contribution in [0.5, 0.6) is 0 Å². The molecular weight excluding hydrogens is 270 g/mol. The zero-order chi connectivity index (χ0) is 14.1. The summed E-state index contributed by atoms with van der Waals surface area (Å²) >= 11 is 1.52. The molecule has 0 spiro atoms. The molecule has 2 aromatic heterocycles. The van der Waals surface area contributed by atoms with Gasteiger partial charge in [0.1, 0.15) is 5.01 Å². The maximum Gasteiger partial charge on any atom is 0.234 e. The summed E-state index contributed by atoms with van der Waals surface area (Å²) in [4.78, 5) is 0.812. The minimum Gasteiger partial charge on any atom is -0.322 e. The quantitative estimate of drug-likeness (QED) is 0.800. The highest BCUT2D eigenvalue weighted by atomic mass is 32.1. The van der Waals surface area contributed by atoms with Crippen molar-refractivity contribution in [1.82, 2.24) is 19.8 Å². The summed E-state index contributed by atoms with van der Waals surface area (Å²) in [6, 6.07) is 10.1. The van der Waals surface area contributed by atoms with E-state index in [-0.39, 0.29) is 6.04 Å². The number of aromatic nitrogens is 4. The van der Waals surface area contributed by atoms with Gasteiger partial charge in [0.05, 0.1) is 6.04 Å². The monoisotopic (exact) mass is 287 g/mol. The molecule has 0 aliphatic carbocycles. The van der Waals surface area contributed by atoms with E-state index in [0.717, 1.165) is 22.2 Å². The van der Waals surface area contributed by atoms with Gasteiger partial charge in [0.15, 0.2) is 5.82 Å². The second-order valence-corrected chi connectivity index (χ2v) is 6.13. The molecule has 2 heterocycles. The van der Waals surface area contributed by atoms with Crippen LogP contribution in [0, 0.1) is 0 Å². The highest BCUT2D eigenvalue weighted by Gasteiger charge is 2.18. The first-order valence-electron chi connectivity index (χ1n) is 6.66. The summed E-state index contributed by atoms with van der Waals surface area (Å²) in [5, 5.41) is 13.8. The van der Waals surface area contributed by atoms with E-state index < -0.39 is 0 Å². The van der Waals surface area contributed by atoms with Crippen LogP contribution in [0.15, 0.2) is 30.3 Å². The molecule has 0 radical (unpaired) electrons. The molecule has 1 aromatic carbocycles. The van der Waals surface area contributed by atoms with Crippen molar-refractivity contribution in [1.29, 1.82) is 0 Å². The zero-order valence-electron chi connectivity index (χ0n) is 11.5. The van der Waals surface area contributed by atoms with Gasteiger partial charge in [-0.1, -0.05) is 55.5 Å². The van der Waals surface area contributed by atoms with E-state index >= 15 is 0 Å². The van der Waals surface area contributed by atoms with Crippen molar-refractivity contribution < 1.29 is 0 Å². The third kappa shape index (κ3) is 2.44. The van der Waals surface area contributed by atoms with E-state index in [0.29, 0.717) is 5.92 Å². The minimum atomic E-state index is -0.107. The van der Waals surface area contributed by atoms with Crippen molar-refractivity contribution in [3.8, 4) is 0 Å². The summed E-state index contributed by atoms with van der Waals surface area (Å²) < 4.78 is 1.82. The van der Waals surface area contributed by atoms with E-state index in [1.54, 1.807) is 0 Å². The molecule has 1 atom stereocenters. The Kier molecular flexibility index (Phi) is 3.50. The van der Waals surface area contributed by atoms with Gasteiger partial charge in [-0.15, -0.1) is 10.2 Å². The summed E-state index contributed by atoms with van der Waals surface area (Å²) in [7, 11) is 0. The number of rotatable bonds is 4. The average molecular weight is 287 g/mol. The van der Waals surface area contributed by atoms with E-state index in [1.807, 2.05) is 22.7 Å². The molecule has 0 aliphatic rings. The number of hydrogen-bond acceptors (Lipinski definition) is 5. The van der Waals surface area contributed by atoms with Crippen molar-refractivity contribution in [3.05, 3.63) is 46.7 Å². The summed E-state index contributed by atoms with van der Waals surface area (Å²) in [5.41, 5.74) is 7.48. The first-order valence-corrected chi connectivity index (χ1v) is 7.48. The molecule has 1 unspecified atom stereocenters. The first-order chi connectivity index (χ1) is 9.65. The predicted octanol–water partition coefficient (Wildman–Crippen LogP) is 2.55. The third-order valence-electron chi connectivity index (χ3n) is 3.16. The van der Waals surface area contributed by atoms with Gasteiger partial charge in [-0.2, -0.15) is 9.61 Å². The molecule has 0 saturated heterocycles. The van der Waals surface area contributed by atoms with Gasteiger partial charge in [-0.3, -0.25) is 0 Å². The van der Waals surface area contributed by atoms with E-state index in [9.17, 15) is 0 Å². The van der Waals surface area contributed by atoms with Crippen LogP contribution < -0.4 is 5.73 Å². The largest absolute Gasteiger partial charge is 0.322 e. The Bertz CT molecular complexity index is 701. The topological polar surface area (TPSA) is 69.1 Å². The van der Waals surface area contributed by atoms with Crippen molar-refractivity contribution in [3.63, 3.8) is 0 Å². The Morgan fingerprint density at radius 2 is 1.95 bits per heavy atom. The Morgan fingerprint density at radius 1 is 1.20 bits per heavy atom. The van der Waals surface area contributed by atoms with Gasteiger partial charge in [-0.25, -0.2) is 0 Å². The molecule has 0 fully saturated rings. The Labute approximate surface area is 121 Å². The molecule has 6 heteroatoms. The molecular formula is C14H17N5S. The van der Waals surface area contributed by atoms with E-state index in [4.69, 9.17) is 5.73 Å². The molecule has 20 heavy (non-hydrogen) atoms. The lowest BCUT2D eigenvalue weighted by molar-refractivity contribution is 0.670. The predicted molar refractivity (Wildman–Crippen MR) is 79.8 cm³/mol. The summed E-state index contributed by atoms with van der Waals surface area (Å²) in [6.07, 6.45) is 0.780. The fourth-order valence-corrected chi connectivity index (χ4v) is 2.96. The second kappa shape index (κ2) is 5.30. The highest BCUT2D eigenvalue weighted by molar-refractivity contribution is 7.16. The molecule has 104 valence electrons. The van der Waals surface area contributed by atoms with Crippen molar-refractivity contribution in [2.24, 2.45) is 5.73 Å². The van der Waals surface area contributed by atoms with E-state index in [1.165, 1.54) is 16.9 Å². The number of hydrogen-bond donors (Lipinski definition) is 1. The molecule has 0 aliphatic heterocycles. The second-order valence-electron chi connectivity index (χ2n) is 5.14. The molecule has 0 bridgehead atoms. The standard InChI is InChI=1S/C14H17N5S/c1-9(2)12-16-17-14-19(12)18-13(20-14)11(15)8-10-6-4-3-5-7-10/h3-7,9,11H,8,15H2,1-2H3. The molecule has 3 rings (SSSR count). The molecule has 5 nitrogen and oxygen atoms in total. The van der Waals surface area contributed by atoms with Gasteiger partial charge in [-0.05, 0) is 12.0 Å². The average Bonchev–Trinajstić information content (AvgIpc) is 2.98. The lowest BCUT2D eigenvalue weighted by atomic mass is 10.1. The highest BCUT2D eigenvalue weighted by Crippen LogP contribution is 2.23. The maximum absolute atomic E-state index is 6.26. The van der Waals surface area contributed by atoms with Crippen molar-refractivity contribution >= 4 is 16.3 Å². The lowest BCUT2D eigenvalue weighted by Crippen LogP contribution is -2.13. The van der Waals surface area contributed by atoms with Gasteiger partial charge in [0.25, 0.3) is 0 Å². The van der Waals surface area contributed by atoms with Crippen LogP contribution in [0.25, 0.3) is 4.96 Å². The van der Waals surface area contributed by atoms with Crippen LogP contribution in [-0.2, 0) is 6.42 Å². The van der Waals surface area contributed by atoms with Gasteiger partial charge < -0.3 is 5.73 Å². The summed E-state index contributed by atoms with van der Waals surface area (Å²) in [6.45, 7) is 4.17. The number of fused-ring (bicyclic) bond motifs is 1. The molecule has 3 aromatic rings. The zero-order valence-corrected chi connectivity index (χ0v) is 12.3. The van der Waals surface area contributed by atoms with Crippen LogP contribution in [0.2, 0.25) is 0 Å².